The number of thiophene rings is 1. The zero-order valence-corrected chi connectivity index (χ0v) is 12.1. The molecule has 0 aliphatic rings. The van der Waals surface area contributed by atoms with Crippen molar-refractivity contribution >= 4 is 17.0 Å². The lowest BCUT2D eigenvalue weighted by molar-refractivity contribution is 0.618. The van der Waals surface area contributed by atoms with Crippen molar-refractivity contribution in [3.8, 4) is 0 Å². The van der Waals surface area contributed by atoms with Gasteiger partial charge in [0.2, 0.25) is 0 Å². The fourth-order valence-electron chi connectivity index (χ4n) is 2.13. The molecule has 0 saturated carbocycles. The van der Waals surface area contributed by atoms with Crippen molar-refractivity contribution in [1.82, 2.24) is 0 Å². The second-order valence-corrected chi connectivity index (χ2v) is 5.80. The van der Waals surface area contributed by atoms with E-state index in [1.807, 2.05) is 24.0 Å². The largest absolute Gasteiger partial charge is 0.365 e. The summed E-state index contributed by atoms with van der Waals surface area (Å²) in [5.41, 5.74) is 7.56. The van der Waals surface area contributed by atoms with Gasteiger partial charge in [0.15, 0.2) is 0 Å². The van der Waals surface area contributed by atoms with Crippen LogP contribution in [0.5, 0.6) is 0 Å². The van der Waals surface area contributed by atoms with Crippen LogP contribution in [0.2, 0.25) is 0 Å². The van der Waals surface area contributed by atoms with E-state index in [9.17, 15) is 4.39 Å². The minimum absolute atomic E-state index is 0.170. The Balaban J connectivity index is 2.24. The predicted octanol–water partition coefficient (Wildman–Crippen LogP) is 3.68. The van der Waals surface area contributed by atoms with Gasteiger partial charge in [-0.25, -0.2) is 4.39 Å². The van der Waals surface area contributed by atoms with Crippen LogP contribution in [0.4, 0.5) is 10.1 Å². The second kappa shape index (κ2) is 6.17. The van der Waals surface area contributed by atoms with E-state index in [2.05, 4.69) is 13.0 Å². The predicted molar refractivity (Wildman–Crippen MR) is 80.1 cm³/mol. The Morgan fingerprint density at radius 1 is 1.32 bits per heavy atom. The number of nitrogens with zero attached hydrogens (tertiary/aromatic N) is 1. The van der Waals surface area contributed by atoms with Crippen LogP contribution in [0.1, 0.15) is 22.2 Å². The van der Waals surface area contributed by atoms with Gasteiger partial charge in [-0.15, -0.1) is 11.3 Å². The maximum Gasteiger partial charge on any atom is 0.146 e. The van der Waals surface area contributed by atoms with Crippen molar-refractivity contribution < 1.29 is 4.39 Å². The summed E-state index contributed by atoms with van der Waals surface area (Å²) in [6.45, 7) is 6.19. The van der Waals surface area contributed by atoms with Gasteiger partial charge in [0, 0.05) is 29.4 Å². The number of hydrogen-bond donors (Lipinski definition) is 1. The smallest absolute Gasteiger partial charge is 0.146 e. The van der Waals surface area contributed by atoms with E-state index in [1.54, 1.807) is 17.4 Å². The molecule has 4 heteroatoms. The fourth-order valence-corrected chi connectivity index (χ4v) is 3.06. The van der Waals surface area contributed by atoms with E-state index in [0.717, 1.165) is 13.1 Å². The molecule has 0 aliphatic heterocycles. The molecule has 0 amide bonds. The zero-order valence-electron chi connectivity index (χ0n) is 11.3. The standard InChI is InChI=1S/C15H19FN2S/c1-3-18(15-7-5-4-6-14(15)16)10-12-8-13(9-17)19-11(12)2/h4-8H,3,9-10,17H2,1-2H3. The molecular weight excluding hydrogens is 259 g/mol. The van der Waals surface area contributed by atoms with E-state index in [-0.39, 0.29) is 5.82 Å². The Morgan fingerprint density at radius 3 is 2.63 bits per heavy atom. The molecule has 2 rings (SSSR count). The molecule has 0 atom stereocenters. The maximum absolute atomic E-state index is 13.8. The molecular formula is C15H19FN2S. The Bertz CT molecular complexity index is 551. The van der Waals surface area contributed by atoms with E-state index in [0.29, 0.717) is 12.2 Å². The van der Waals surface area contributed by atoms with E-state index in [4.69, 9.17) is 5.73 Å². The number of hydrogen-bond acceptors (Lipinski definition) is 3. The number of nitrogens with two attached hydrogens (primary N) is 1. The quantitative estimate of drug-likeness (QED) is 0.904. The molecule has 2 nitrogen and oxygen atoms in total. The first kappa shape index (κ1) is 14.0. The lowest BCUT2D eigenvalue weighted by Gasteiger charge is -2.23. The summed E-state index contributed by atoms with van der Waals surface area (Å²) in [4.78, 5) is 4.48. The van der Waals surface area contributed by atoms with Gasteiger partial charge in [0.1, 0.15) is 5.82 Å². The molecule has 19 heavy (non-hydrogen) atoms. The Hall–Kier alpha value is -1.39. The molecule has 0 bridgehead atoms. The zero-order chi connectivity index (χ0) is 13.8. The van der Waals surface area contributed by atoms with Gasteiger partial charge in [-0.1, -0.05) is 12.1 Å². The van der Waals surface area contributed by atoms with Crippen molar-refractivity contribution in [2.45, 2.75) is 26.9 Å². The van der Waals surface area contributed by atoms with Gasteiger partial charge in [0.05, 0.1) is 5.69 Å². The van der Waals surface area contributed by atoms with E-state index >= 15 is 0 Å². The van der Waals surface area contributed by atoms with Crippen molar-refractivity contribution in [2.24, 2.45) is 5.73 Å². The maximum atomic E-state index is 13.8. The van der Waals surface area contributed by atoms with Gasteiger partial charge in [-0.05, 0) is 37.6 Å². The molecule has 1 aromatic carbocycles. The van der Waals surface area contributed by atoms with Gasteiger partial charge in [-0.2, -0.15) is 0 Å². The lowest BCUT2D eigenvalue weighted by atomic mass is 10.2. The van der Waals surface area contributed by atoms with Crippen LogP contribution in [0.25, 0.3) is 0 Å². The normalized spacial score (nSPS) is 10.7. The van der Waals surface area contributed by atoms with Gasteiger partial charge in [0.25, 0.3) is 0 Å². The summed E-state index contributed by atoms with van der Waals surface area (Å²) >= 11 is 1.72. The summed E-state index contributed by atoms with van der Waals surface area (Å²) < 4.78 is 13.8. The van der Waals surface area contributed by atoms with Gasteiger partial charge in [-0.3, -0.25) is 0 Å². The molecule has 0 unspecified atom stereocenters. The third-order valence-corrected chi connectivity index (χ3v) is 4.32. The first-order valence-electron chi connectivity index (χ1n) is 6.43. The van der Waals surface area contributed by atoms with E-state index in [1.165, 1.54) is 21.4 Å². The van der Waals surface area contributed by atoms with Crippen LogP contribution >= 0.6 is 11.3 Å². The van der Waals surface area contributed by atoms with Crippen LogP contribution in [-0.2, 0) is 13.1 Å². The van der Waals surface area contributed by atoms with Crippen molar-refractivity contribution in [3.63, 3.8) is 0 Å². The highest BCUT2D eigenvalue weighted by Crippen LogP contribution is 2.26. The lowest BCUT2D eigenvalue weighted by Crippen LogP contribution is -2.23. The SMILES string of the molecule is CCN(Cc1cc(CN)sc1C)c1ccccc1F. The first-order valence-corrected chi connectivity index (χ1v) is 7.25. The number of halogens is 1. The van der Waals surface area contributed by atoms with Crippen molar-refractivity contribution in [1.29, 1.82) is 0 Å². The highest BCUT2D eigenvalue weighted by Gasteiger charge is 2.12. The Kier molecular flexibility index (Phi) is 4.56. The molecule has 0 aliphatic carbocycles. The molecule has 0 fully saturated rings. The van der Waals surface area contributed by atoms with Crippen LogP contribution in [-0.4, -0.2) is 6.54 Å². The van der Waals surface area contributed by atoms with Crippen LogP contribution in [0, 0.1) is 12.7 Å². The fraction of sp³-hybridized carbons (Fsp3) is 0.333. The monoisotopic (exact) mass is 278 g/mol. The number of anilines is 1. The molecule has 0 radical (unpaired) electrons. The molecule has 2 N–H and O–H groups in total. The third-order valence-electron chi connectivity index (χ3n) is 3.21. The summed E-state index contributed by atoms with van der Waals surface area (Å²) in [7, 11) is 0. The second-order valence-electron chi connectivity index (χ2n) is 4.46. The molecule has 1 aromatic heterocycles. The number of rotatable bonds is 5. The Labute approximate surface area is 117 Å². The third kappa shape index (κ3) is 3.14. The summed E-state index contributed by atoms with van der Waals surface area (Å²) in [6.07, 6.45) is 0. The van der Waals surface area contributed by atoms with Crippen LogP contribution in [0.15, 0.2) is 30.3 Å². The highest BCUT2D eigenvalue weighted by atomic mass is 32.1. The molecule has 2 aromatic rings. The van der Waals surface area contributed by atoms with Gasteiger partial charge >= 0.3 is 0 Å². The van der Waals surface area contributed by atoms with Crippen LogP contribution in [0.3, 0.4) is 0 Å². The molecule has 1 heterocycles. The van der Waals surface area contributed by atoms with E-state index < -0.39 is 0 Å². The van der Waals surface area contributed by atoms with Crippen molar-refractivity contribution in [2.75, 3.05) is 11.4 Å². The minimum atomic E-state index is -0.170. The number of benzene rings is 1. The summed E-state index contributed by atoms with van der Waals surface area (Å²) in [5.74, 6) is -0.170. The number of aryl methyl sites for hydroxylation is 1. The first-order chi connectivity index (χ1) is 9.15. The topological polar surface area (TPSA) is 29.3 Å². The minimum Gasteiger partial charge on any atom is -0.365 e. The van der Waals surface area contributed by atoms with Crippen molar-refractivity contribution in [3.05, 3.63) is 51.5 Å². The molecule has 102 valence electrons. The highest BCUT2D eigenvalue weighted by molar-refractivity contribution is 7.12. The van der Waals surface area contributed by atoms with Gasteiger partial charge < -0.3 is 10.6 Å². The molecule has 0 saturated heterocycles. The number of para-hydroxylation sites is 1. The average Bonchev–Trinajstić information content (AvgIpc) is 2.77. The summed E-state index contributed by atoms with van der Waals surface area (Å²) in [5, 5.41) is 0. The molecule has 0 spiro atoms. The van der Waals surface area contributed by atoms with Crippen LogP contribution < -0.4 is 10.6 Å². The summed E-state index contributed by atoms with van der Waals surface area (Å²) in [6, 6.07) is 9.04. The Morgan fingerprint density at radius 2 is 2.05 bits per heavy atom. The average molecular weight is 278 g/mol.